The maximum atomic E-state index is 10.7. The Morgan fingerprint density at radius 1 is 1.43 bits per heavy atom. The number of hydrogen-bond acceptors (Lipinski definition) is 4. The zero-order valence-electron chi connectivity index (χ0n) is 11.4. The summed E-state index contributed by atoms with van der Waals surface area (Å²) >= 11 is 7.88. The molecule has 0 unspecified atom stereocenters. The van der Waals surface area contributed by atoms with Crippen molar-refractivity contribution in [1.82, 2.24) is 9.88 Å². The predicted octanol–water partition coefficient (Wildman–Crippen LogP) is 3.30. The standard InChI is InChI=1S/C15H15ClN2O2S/c16-11-4-2-1-3-10(11)15-17-12-5-7-18(8-6-14(19)20)9-13(12)21-15/h1-4H,5-9H2,(H,19,20). The van der Waals surface area contributed by atoms with Crippen molar-refractivity contribution in [3.63, 3.8) is 0 Å². The van der Waals surface area contributed by atoms with Gasteiger partial charge in [-0.1, -0.05) is 29.8 Å². The van der Waals surface area contributed by atoms with E-state index in [0.717, 1.165) is 35.8 Å². The van der Waals surface area contributed by atoms with Crippen LogP contribution in [-0.4, -0.2) is 34.0 Å². The van der Waals surface area contributed by atoms with Gasteiger partial charge in [0, 0.05) is 36.5 Å². The zero-order chi connectivity index (χ0) is 14.8. The van der Waals surface area contributed by atoms with Gasteiger partial charge >= 0.3 is 5.97 Å². The summed E-state index contributed by atoms with van der Waals surface area (Å²) in [4.78, 5) is 18.8. The fourth-order valence-corrected chi connectivity index (χ4v) is 3.91. The van der Waals surface area contributed by atoms with Gasteiger partial charge in [-0.2, -0.15) is 0 Å². The van der Waals surface area contributed by atoms with Crippen LogP contribution in [0.2, 0.25) is 5.02 Å². The maximum absolute atomic E-state index is 10.7. The minimum atomic E-state index is -0.748. The van der Waals surface area contributed by atoms with Crippen LogP contribution in [0.5, 0.6) is 0 Å². The minimum Gasteiger partial charge on any atom is -0.481 e. The summed E-state index contributed by atoms with van der Waals surface area (Å²) in [6.45, 7) is 2.24. The van der Waals surface area contributed by atoms with Gasteiger partial charge in [0.15, 0.2) is 0 Å². The van der Waals surface area contributed by atoms with Crippen LogP contribution in [0.1, 0.15) is 17.0 Å². The van der Waals surface area contributed by atoms with Crippen molar-refractivity contribution in [1.29, 1.82) is 0 Å². The highest BCUT2D eigenvalue weighted by Crippen LogP contribution is 2.35. The molecule has 6 heteroatoms. The molecule has 21 heavy (non-hydrogen) atoms. The summed E-state index contributed by atoms with van der Waals surface area (Å²) in [6, 6.07) is 7.72. The van der Waals surface area contributed by atoms with Crippen molar-refractivity contribution < 1.29 is 9.90 Å². The molecule has 0 spiro atoms. The number of nitrogens with zero attached hydrogens (tertiary/aromatic N) is 2. The lowest BCUT2D eigenvalue weighted by Crippen LogP contribution is -2.31. The molecule has 2 aromatic rings. The quantitative estimate of drug-likeness (QED) is 0.938. The van der Waals surface area contributed by atoms with Crippen molar-refractivity contribution in [2.24, 2.45) is 0 Å². The molecular weight excluding hydrogens is 308 g/mol. The lowest BCUT2D eigenvalue weighted by molar-refractivity contribution is -0.137. The number of carboxylic acid groups (broad SMARTS) is 1. The molecule has 0 amide bonds. The third-order valence-electron chi connectivity index (χ3n) is 3.56. The Bertz CT molecular complexity index is 671. The van der Waals surface area contributed by atoms with Crippen molar-refractivity contribution in [2.45, 2.75) is 19.4 Å². The molecule has 3 rings (SSSR count). The molecule has 0 radical (unpaired) electrons. The fourth-order valence-electron chi connectivity index (χ4n) is 2.44. The number of carbonyl (C=O) groups is 1. The SMILES string of the molecule is O=C(O)CCN1CCc2nc(-c3ccccc3Cl)sc2C1. The van der Waals surface area contributed by atoms with E-state index >= 15 is 0 Å². The van der Waals surface area contributed by atoms with Gasteiger partial charge < -0.3 is 5.11 Å². The first-order valence-corrected chi connectivity index (χ1v) is 8.00. The molecule has 0 saturated carbocycles. The van der Waals surface area contributed by atoms with Crippen LogP contribution in [0.3, 0.4) is 0 Å². The van der Waals surface area contributed by atoms with Gasteiger partial charge in [0.25, 0.3) is 0 Å². The van der Waals surface area contributed by atoms with Crippen molar-refractivity contribution in [3.05, 3.63) is 39.9 Å². The van der Waals surface area contributed by atoms with Crippen molar-refractivity contribution in [3.8, 4) is 10.6 Å². The normalized spacial score (nSPS) is 14.9. The molecule has 0 aliphatic carbocycles. The van der Waals surface area contributed by atoms with E-state index in [9.17, 15) is 4.79 Å². The topological polar surface area (TPSA) is 53.4 Å². The van der Waals surface area contributed by atoms with E-state index in [1.54, 1.807) is 11.3 Å². The maximum Gasteiger partial charge on any atom is 0.304 e. The highest BCUT2D eigenvalue weighted by molar-refractivity contribution is 7.15. The van der Waals surface area contributed by atoms with Gasteiger partial charge in [-0.15, -0.1) is 11.3 Å². The van der Waals surface area contributed by atoms with E-state index in [0.29, 0.717) is 11.6 Å². The van der Waals surface area contributed by atoms with E-state index in [-0.39, 0.29) is 6.42 Å². The molecule has 1 aliphatic rings. The van der Waals surface area contributed by atoms with Gasteiger partial charge in [-0.25, -0.2) is 4.98 Å². The van der Waals surface area contributed by atoms with Crippen molar-refractivity contribution >= 4 is 28.9 Å². The molecule has 0 bridgehead atoms. The first-order chi connectivity index (χ1) is 10.1. The Morgan fingerprint density at radius 2 is 2.24 bits per heavy atom. The number of fused-ring (bicyclic) bond motifs is 1. The second kappa shape index (κ2) is 6.13. The number of rotatable bonds is 4. The summed E-state index contributed by atoms with van der Waals surface area (Å²) in [7, 11) is 0. The van der Waals surface area contributed by atoms with Gasteiger partial charge in [0.2, 0.25) is 0 Å². The van der Waals surface area contributed by atoms with Gasteiger partial charge in [-0.3, -0.25) is 9.69 Å². The predicted molar refractivity (Wildman–Crippen MR) is 83.8 cm³/mol. The monoisotopic (exact) mass is 322 g/mol. The molecular formula is C15H15ClN2O2S. The Hall–Kier alpha value is -1.43. The first kappa shape index (κ1) is 14.5. The molecule has 1 aromatic heterocycles. The Kier molecular flexibility index (Phi) is 4.24. The fraction of sp³-hybridized carbons (Fsp3) is 0.333. The van der Waals surface area contributed by atoms with Crippen molar-refractivity contribution in [2.75, 3.05) is 13.1 Å². The second-order valence-electron chi connectivity index (χ2n) is 5.04. The van der Waals surface area contributed by atoms with Crippen LogP contribution < -0.4 is 0 Å². The zero-order valence-corrected chi connectivity index (χ0v) is 13.0. The molecule has 0 atom stereocenters. The average molecular weight is 323 g/mol. The number of aromatic nitrogens is 1. The van der Waals surface area contributed by atoms with Crippen LogP contribution in [0, 0.1) is 0 Å². The van der Waals surface area contributed by atoms with Gasteiger partial charge in [0.05, 0.1) is 17.1 Å². The summed E-state index contributed by atoms with van der Waals surface area (Å²) in [5.41, 5.74) is 2.09. The summed E-state index contributed by atoms with van der Waals surface area (Å²) in [5.74, 6) is -0.748. The number of hydrogen-bond donors (Lipinski definition) is 1. The molecule has 0 fully saturated rings. The smallest absolute Gasteiger partial charge is 0.304 e. The van der Waals surface area contributed by atoms with E-state index in [1.165, 1.54) is 4.88 Å². The highest BCUT2D eigenvalue weighted by Gasteiger charge is 2.22. The molecule has 1 aliphatic heterocycles. The molecule has 1 N–H and O–H groups in total. The second-order valence-corrected chi connectivity index (χ2v) is 6.53. The van der Waals surface area contributed by atoms with E-state index in [1.807, 2.05) is 24.3 Å². The Labute approximate surface area is 132 Å². The summed E-state index contributed by atoms with van der Waals surface area (Å²) < 4.78 is 0. The first-order valence-electron chi connectivity index (χ1n) is 6.81. The van der Waals surface area contributed by atoms with Crippen LogP contribution in [0.4, 0.5) is 0 Å². The van der Waals surface area contributed by atoms with Gasteiger partial charge in [-0.05, 0) is 6.07 Å². The summed E-state index contributed by atoms with van der Waals surface area (Å²) in [5, 5.41) is 10.4. The largest absolute Gasteiger partial charge is 0.481 e. The van der Waals surface area contributed by atoms with E-state index < -0.39 is 5.97 Å². The van der Waals surface area contributed by atoms with Crippen LogP contribution in [-0.2, 0) is 17.8 Å². The number of carboxylic acids is 1. The lowest BCUT2D eigenvalue weighted by Gasteiger charge is -2.24. The Morgan fingerprint density at radius 3 is 3.00 bits per heavy atom. The lowest BCUT2D eigenvalue weighted by atomic mass is 10.1. The molecule has 2 heterocycles. The highest BCUT2D eigenvalue weighted by atomic mass is 35.5. The Balaban J connectivity index is 1.79. The molecule has 1 aromatic carbocycles. The number of halogens is 1. The number of aliphatic carboxylic acids is 1. The third-order valence-corrected chi connectivity index (χ3v) is 5.00. The molecule has 4 nitrogen and oxygen atoms in total. The molecule has 0 saturated heterocycles. The molecule has 110 valence electrons. The number of benzene rings is 1. The van der Waals surface area contributed by atoms with Crippen LogP contribution >= 0.6 is 22.9 Å². The minimum absolute atomic E-state index is 0.186. The third kappa shape index (κ3) is 3.26. The van der Waals surface area contributed by atoms with Crippen LogP contribution in [0.25, 0.3) is 10.6 Å². The van der Waals surface area contributed by atoms with Gasteiger partial charge in [0.1, 0.15) is 5.01 Å². The average Bonchev–Trinajstić information content (AvgIpc) is 2.88. The van der Waals surface area contributed by atoms with E-state index in [4.69, 9.17) is 21.7 Å². The number of thiazole rings is 1. The van der Waals surface area contributed by atoms with E-state index in [2.05, 4.69) is 4.90 Å². The van der Waals surface area contributed by atoms with Crippen LogP contribution in [0.15, 0.2) is 24.3 Å². The summed E-state index contributed by atoms with van der Waals surface area (Å²) in [6.07, 6.45) is 1.06.